The molecule has 2 aliphatic rings. The highest BCUT2D eigenvalue weighted by molar-refractivity contribution is 5.87. The fraction of sp³-hybridized carbons (Fsp3) is 0.542. The Bertz CT molecular complexity index is 1080. The summed E-state index contributed by atoms with van der Waals surface area (Å²) in [5.74, 6) is 0.319. The number of ether oxygens (including phenoxy) is 3. The molecule has 8 heteroatoms. The predicted octanol–water partition coefficient (Wildman–Crippen LogP) is 3.88. The maximum atomic E-state index is 12.6. The minimum Gasteiger partial charge on any atom is -0.491 e. The molecule has 1 fully saturated rings. The molecule has 0 bridgehead atoms. The number of pyridine rings is 2. The molecule has 1 aliphatic carbocycles. The fourth-order valence-corrected chi connectivity index (χ4v) is 4.01. The number of carbonyl (C=O) groups is 1. The molecule has 1 saturated carbocycles. The van der Waals surface area contributed by atoms with Gasteiger partial charge in [-0.1, -0.05) is 20.8 Å². The first-order valence-corrected chi connectivity index (χ1v) is 11.0. The van der Waals surface area contributed by atoms with Crippen LogP contribution in [0.4, 0.5) is 0 Å². The molecular weight excluding hydrogens is 412 g/mol. The maximum absolute atomic E-state index is 12.6. The van der Waals surface area contributed by atoms with Gasteiger partial charge in [0.1, 0.15) is 23.6 Å². The Kier molecular flexibility index (Phi) is 5.99. The predicted molar refractivity (Wildman–Crippen MR) is 119 cm³/mol. The summed E-state index contributed by atoms with van der Waals surface area (Å²) in [7, 11) is 1.66. The second-order valence-electron chi connectivity index (χ2n) is 9.53. The summed E-state index contributed by atoms with van der Waals surface area (Å²) in [4.78, 5) is 29.2. The van der Waals surface area contributed by atoms with Gasteiger partial charge in [0.2, 0.25) is 0 Å². The molecule has 1 aliphatic heterocycles. The van der Waals surface area contributed by atoms with Crippen LogP contribution in [0.1, 0.15) is 68.0 Å². The zero-order valence-corrected chi connectivity index (χ0v) is 19.0. The molecule has 0 radical (unpaired) electrons. The van der Waals surface area contributed by atoms with Gasteiger partial charge in [0.25, 0.3) is 0 Å². The van der Waals surface area contributed by atoms with Crippen LogP contribution in [0.2, 0.25) is 0 Å². The van der Waals surface area contributed by atoms with E-state index in [1.165, 1.54) is 12.3 Å². The van der Waals surface area contributed by atoms with E-state index >= 15 is 0 Å². The Morgan fingerprint density at radius 3 is 2.66 bits per heavy atom. The zero-order valence-electron chi connectivity index (χ0n) is 19.0. The molecule has 1 atom stereocenters. The minimum atomic E-state index is -1.24. The van der Waals surface area contributed by atoms with E-state index in [1.54, 1.807) is 7.11 Å². The number of aromatic nitrogens is 2. The van der Waals surface area contributed by atoms with Crippen LogP contribution in [0.15, 0.2) is 23.1 Å². The van der Waals surface area contributed by atoms with Gasteiger partial charge in [0.15, 0.2) is 11.2 Å². The second kappa shape index (κ2) is 8.58. The Hall–Kier alpha value is -2.87. The topological polar surface area (TPSA) is 99.9 Å². The van der Waals surface area contributed by atoms with E-state index in [-0.39, 0.29) is 17.0 Å². The third-order valence-corrected chi connectivity index (χ3v) is 5.98. The molecule has 2 aromatic heterocycles. The third kappa shape index (κ3) is 4.37. The Morgan fingerprint density at radius 1 is 1.28 bits per heavy atom. The van der Waals surface area contributed by atoms with Crippen LogP contribution in [0, 0.1) is 5.41 Å². The summed E-state index contributed by atoms with van der Waals surface area (Å²) >= 11 is 0. The number of hydrogen-bond donors (Lipinski definition) is 1. The first kappa shape index (κ1) is 22.3. The van der Waals surface area contributed by atoms with E-state index in [2.05, 4.69) is 20.8 Å². The van der Waals surface area contributed by atoms with Crippen LogP contribution >= 0.6 is 0 Å². The van der Waals surface area contributed by atoms with Gasteiger partial charge in [0.05, 0.1) is 24.0 Å². The number of methoxy groups -OCH3 is 1. The quantitative estimate of drug-likeness (QED) is 0.650. The van der Waals surface area contributed by atoms with Crippen molar-refractivity contribution in [2.45, 2.75) is 52.0 Å². The minimum absolute atomic E-state index is 0.194. The van der Waals surface area contributed by atoms with E-state index in [9.17, 15) is 14.7 Å². The Balaban J connectivity index is 1.85. The number of aromatic carboxylic acids is 1. The van der Waals surface area contributed by atoms with Crippen molar-refractivity contribution in [3.63, 3.8) is 0 Å². The number of hydrogen-bond acceptors (Lipinski definition) is 6. The maximum Gasteiger partial charge on any atom is 0.341 e. The molecular formula is C24H30N2O6. The molecule has 0 aromatic carbocycles. The number of carboxylic acid groups (broad SMARTS) is 1. The molecule has 3 heterocycles. The zero-order chi connectivity index (χ0) is 23.0. The van der Waals surface area contributed by atoms with E-state index in [0.29, 0.717) is 48.6 Å². The molecule has 2 aromatic rings. The van der Waals surface area contributed by atoms with Crippen molar-refractivity contribution in [3.8, 4) is 22.9 Å². The lowest BCUT2D eigenvalue weighted by molar-refractivity contribution is 0.0693. The number of rotatable bonds is 7. The summed E-state index contributed by atoms with van der Waals surface area (Å²) in [6.45, 7) is 7.63. The van der Waals surface area contributed by atoms with Crippen LogP contribution in [-0.2, 0) is 4.74 Å². The van der Waals surface area contributed by atoms with Crippen LogP contribution < -0.4 is 14.9 Å². The average Bonchev–Trinajstić information content (AvgIpc) is 3.56. The lowest BCUT2D eigenvalue weighted by Gasteiger charge is -2.32. The summed E-state index contributed by atoms with van der Waals surface area (Å²) in [5, 5.41) is 9.52. The van der Waals surface area contributed by atoms with Crippen molar-refractivity contribution >= 4 is 5.97 Å². The molecule has 4 rings (SSSR count). The van der Waals surface area contributed by atoms with Gasteiger partial charge >= 0.3 is 5.97 Å². The third-order valence-electron chi connectivity index (χ3n) is 5.98. The Labute approximate surface area is 187 Å². The van der Waals surface area contributed by atoms with Gasteiger partial charge < -0.3 is 23.9 Å². The Morgan fingerprint density at radius 2 is 2.03 bits per heavy atom. The van der Waals surface area contributed by atoms with Crippen molar-refractivity contribution in [1.82, 2.24) is 9.55 Å². The lowest BCUT2D eigenvalue weighted by atomic mass is 9.86. The van der Waals surface area contributed by atoms with Crippen molar-refractivity contribution in [1.29, 1.82) is 0 Å². The highest BCUT2D eigenvalue weighted by atomic mass is 16.5. The monoisotopic (exact) mass is 442 g/mol. The molecule has 0 amide bonds. The van der Waals surface area contributed by atoms with Crippen LogP contribution in [0.3, 0.4) is 0 Å². The molecule has 32 heavy (non-hydrogen) atoms. The van der Waals surface area contributed by atoms with E-state index in [4.69, 9.17) is 19.2 Å². The van der Waals surface area contributed by atoms with Crippen LogP contribution in [-0.4, -0.2) is 47.6 Å². The van der Waals surface area contributed by atoms with Gasteiger partial charge in [-0.2, -0.15) is 0 Å². The molecule has 1 N–H and O–H groups in total. The lowest BCUT2D eigenvalue weighted by Crippen LogP contribution is -2.31. The van der Waals surface area contributed by atoms with Crippen molar-refractivity contribution in [2.75, 3.05) is 26.9 Å². The standard InChI is InChI=1S/C24H30N2O6/c1-24(2,3)20-13-32-19-11-18(31-9-5-8-30-4)21(14-6-7-14)25-22(19)16-10-17(27)15(23(28)29)12-26(16)20/h10-12,14,20H,5-9,13H2,1-4H3,(H,28,29)/t20-/m0/s1. The van der Waals surface area contributed by atoms with Gasteiger partial charge in [-0.15, -0.1) is 0 Å². The summed E-state index contributed by atoms with van der Waals surface area (Å²) in [5.41, 5.74) is 0.934. The number of nitrogens with zero attached hydrogens (tertiary/aromatic N) is 2. The second-order valence-corrected chi connectivity index (χ2v) is 9.53. The van der Waals surface area contributed by atoms with Gasteiger partial charge in [-0.3, -0.25) is 4.79 Å². The molecule has 0 saturated heterocycles. The SMILES string of the molecule is COCCCOc1cc2c(nc1C1CC1)-c1cc(=O)c(C(=O)O)cn1[C@H](C(C)(C)C)CO2. The summed E-state index contributed by atoms with van der Waals surface area (Å²) in [6.07, 6.45) is 4.27. The van der Waals surface area contributed by atoms with Crippen molar-refractivity contribution in [2.24, 2.45) is 5.41 Å². The summed E-state index contributed by atoms with van der Waals surface area (Å²) in [6, 6.07) is 3.05. The smallest absolute Gasteiger partial charge is 0.341 e. The largest absolute Gasteiger partial charge is 0.491 e. The first-order chi connectivity index (χ1) is 15.2. The highest BCUT2D eigenvalue weighted by Crippen LogP contribution is 2.47. The first-order valence-electron chi connectivity index (χ1n) is 11.0. The fourth-order valence-electron chi connectivity index (χ4n) is 4.01. The molecule has 172 valence electrons. The highest BCUT2D eigenvalue weighted by Gasteiger charge is 2.36. The summed E-state index contributed by atoms with van der Waals surface area (Å²) < 4.78 is 19.2. The van der Waals surface area contributed by atoms with Gasteiger partial charge in [0, 0.05) is 44.4 Å². The van der Waals surface area contributed by atoms with Crippen LogP contribution in [0.25, 0.3) is 11.4 Å². The number of carboxylic acids is 1. The van der Waals surface area contributed by atoms with E-state index in [1.807, 2.05) is 10.6 Å². The molecule has 0 spiro atoms. The molecule has 8 nitrogen and oxygen atoms in total. The van der Waals surface area contributed by atoms with Crippen molar-refractivity contribution in [3.05, 3.63) is 39.8 Å². The van der Waals surface area contributed by atoms with E-state index < -0.39 is 11.4 Å². The van der Waals surface area contributed by atoms with Crippen molar-refractivity contribution < 1.29 is 24.1 Å². The normalized spacial score (nSPS) is 17.7. The molecule has 0 unspecified atom stereocenters. The van der Waals surface area contributed by atoms with Gasteiger partial charge in [-0.25, -0.2) is 9.78 Å². The van der Waals surface area contributed by atoms with E-state index in [0.717, 1.165) is 25.0 Å². The van der Waals surface area contributed by atoms with Crippen LogP contribution in [0.5, 0.6) is 11.5 Å². The number of fused-ring (bicyclic) bond motifs is 3. The van der Waals surface area contributed by atoms with Gasteiger partial charge in [-0.05, 0) is 18.3 Å². The average molecular weight is 443 g/mol.